The van der Waals surface area contributed by atoms with Crippen molar-refractivity contribution < 1.29 is 9.18 Å². The summed E-state index contributed by atoms with van der Waals surface area (Å²) >= 11 is 0. The molecule has 0 saturated carbocycles. The Labute approximate surface area is 96.5 Å². The van der Waals surface area contributed by atoms with Crippen LogP contribution in [0.4, 0.5) is 4.39 Å². The van der Waals surface area contributed by atoms with Crippen LogP contribution in [0.5, 0.6) is 0 Å². The first-order chi connectivity index (χ1) is 8.27. The van der Waals surface area contributed by atoms with Gasteiger partial charge in [-0.2, -0.15) is 9.50 Å². The van der Waals surface area contributed by atoms with E-state index in [1.54, 1.807) is 0 Å². The molecule has 0 unspecified atom stereocenters. The first kappa shape index (κ1) is 11.1. The van der Waals surface area contributed by atoms with Gasteiger partial charge in [-0.25, -0.2) is 0 Å². The molecule has 0 fully saturated rings. The number of amides is 1. The fourth-order valence-corrected chi connectivity index (χ4v) is 1.25. The van der Waals surface area contributed by atoms with E-state index in [9.17, 15) is 9.18 Å². The fraction of sp³-hybridized carbons (Fsp3) is 0. The Morgan fingerprint density at radius 1 is 1.06 bits per heavy atom. The molecule has 2 aromatic rings. The Bertz CT molecular complexity index is 542. The molecule has 0 atom stereocenters. The molecule has 0 spiro atoms. The molecule has 4 nitrogen and oxygen atoms in total. The number of halogens is 1. The van der Waals surface area contributed by atoms with Gasteiger partial charge in [0.15, 0.2) is 0 Å². The summed E-state index contributed by atoms with van der Waals surface area (Å²) in [5, 5.41) is 7.02. The number of hydrogen-bond acceptors (Lipinski definition) is 3. The van der Waals surface area contributed by atoms with Gasteiger partial charge < -0.3 is 0 Å². The third kappa shape index (κ3) is 2.78. The second-order valence-corrected chi connectivity index (χ2v) is 3.19. The Morgan fingerprint density at radius 3 is 2.41 bits per heavy atom. The number of para-hydroxylation sites is 1. The molecule has 3 rings (SSSR count). The molecular weight excluding hydrogens is 221 g/mol. The normalized spacial score (nSPS) is 13.2. The van der Waals surface area contributed by atoms with Gasteiger partial charge in [0.25, 0.3) is 0 Å². The molecule has 1 aliphatic heterocycles. The van der Waals surface area contributed by atoms with Crippen LogP contribution in [0.3, 0.4) is 0 Å². The van der Waals surface area contributed by atoms with Crippen molar-refractivity contribution in [1.82, 2.24) is 4.98 Å². The van der Waals surface area contributed by atoms with Gasteiger partial charge in [-0.15, -0.1) is 5.11 Å². The van der Waals surface area contributed by atoms with Gasteiger partial charge in [0.1, 0.15) is 0 Å². The minimum absolute atomic E-state index is 0.780. The highest BCUT2D eigenvalue weighted by atomic mass is 19.1. The van der Waals surface area contributed by atoms with E-state index in [1.807, 2.05) is 30.5 Å². The summed E-state index contributed by atoms with van der Waals surface area (Å²) in [6, 6.07) is 12.1. The minimum Gasteiger partial charge on any atom is -0.262 e. The Hall–Kier alpha value is -2.43. The van der Waals surface area contributed by atoms with Crippen molar-refractivity contribution in [2.75, 3.05) is 0 Å². The quantitative estimate of drug-likeness (QED) is 0.697. The van der Waals surface area contributed by atoms with Crippen molar-refractivity contribution in [1.29, 1.82) is 0 Å². The van der Waals surface area contributed by atoms with E-state index in [0.29, 0.717) is 0 Å². The number of benzene rings is 1. The number of rotatable bonds is 0. The van der Waals surface area contributed by atoms with Crippen LogP contribution >= 0.6 is 0 Å². The second-order valence-electron chi connectivity index (χ2n) is 3.19. The molecule has 0 N–H and O–H groups in total. The van der Waals surface area contributed by atoms with Crippen molar-refractivity contribution in [2.24, 2.45) is 10.2 Å². The lowest BCUT2D eigenvalue weighted by Crippen LogP contribution is -1.84. The highest BCUT2D eigenvalue weighted by Crippen LogP contribution is 2.08. The van der Waals surface area contributed by atoms with Gasteiger partial charge >= 0.3 is 5.91 Å². The van der Waals surface area contributed by atoms with E-state index in [0.717, 1.165) is 11.7 Å². The summed E-state index contributed by atoms with van der Waals surface area (Å²) in [7, 11) is 0. The van der Waals surface area contributed by atoms with Crippen LogP contribution in [0, 0.1) is 0 Å². The van der Waals surface area contributed by atoms with Crippen LogP contribution in [0.1, 0.15) is 0 Å². The summed E-state index contributed by atoms with van der Waals surface area (Å²) in [5.74, 6) is -1.78. The first-order valence-corrected chi connectivity index (χ1v) is 4.88. The van der Waals surface area contributed by atoms with Gasteiger partial charge in [0, 0.05) is 11.6 Å². The zero-order valence-corrected chi connectivity index (χ0v) is 8.75. The average molecular weight is 229 g/mol. The smallest absolute Gasteiger partial charge is 0.262 e. The predicted octanol–water partition coefficient (Wildman–Crippen LogP) is 3.02. The van der Waals surface area contributed by atoms with E-state index in [-0.39, 0.29) is 0 Å². The fourth-order valence-electron chi connectivity index (χ4n) is 1.25. The van der Waals surface area contributed by atoms with E-state index < -0.39 is 11.7 Å². The summed E-state index contributed by atoms with van der Waals surface area (Å²) < 4.78 is 11.6. The van der Waals surface area contributed by atoms with Crippen molar-refractivity contribution >= 4 is 16.8 Å². The predicted molar refractivity (Wildman–Crippen MR) is 60.8 cm³/mol. The highest BCUT2D eigenvalue weighted by molar-refractivity contribution is 5.92. The standard InChI is InChI=1S/C9H7N.C3HFN2O/c1-2-6-9-8(4-1)5-3-7-10-9;4-2-1-5-6-3(2)7/h1-7H;1H. The van der Waals surface area contributed by atoms with Gasteiger partial charge in [-0.3, -0.25) is 9.78 Å². The number of hydrogen-bond donors (Lipinski definition) is 0. The molecule has 1 aromatic heterocycles. The van der Waals surface area contributed by atoms with E-state index in [4.69, 9.17) is 0 Å². The van der Waals surface area contributed by atoms with Gasteiger partial charge in [0.2, 0.25) is 5.83 Å². The maximum atomic E-state index is 11.6. The van der Waals surface area contributed by atoms with Crippen LogP contribution in [0.15, 0.2) is 64.9 Å². The number of nitrogens with zero attached hydrogens (tertiary/aromatic N) is 3. The van der Waals surface area contributed by atoms with Crippen molar-refractivity contribution in [3.05, 3.63) is 54.6 Å². The molecule has 5 heteroatoms. The lowest BCUT2D eigenvalue weighted by atomic mass is 10.2. The minimum atomic E-state index is -0.889. The molecule has 0 aliphatic carbocycles. The zero-order chi connectivity index (χ0) is 12.1. The van der Waals surface area contributed by atoms with Crippen LogP contribution in [-0.4, -0.2) is 10.9 Å². The van der Waals surface area contributed by atoms with Gasteiger partial charge in [0.05, 0.1) is 11.7 Å². The van der Waals surface area contributed by atoms with Crippen LogP contribution in [-0.2, 0) is 4.79 Å². The lowest BCUT2D eigenvalue weighted by Gasteiger charge is -1.91. The number of fused-ring (bicyclic) bond motifs is 1. The van der Waals surface area contributed by atoms with Crippen LogP contribution < -0.4 is 0 Å². The molecule has 84 valence electrons. The molecule has 1 aromatic carbocycles. The Kier molecular flexibility index (Phi) is 3.30. The monoisotopic (exact) mass is 229 g/mol. The molecule has 1 aliphatic rings. The number of azo groups is 1. The average Bonchev–Trinajstić information content (AvgIpc) is 2.75. The maximum absolute atomic E-state index is 11.6. The molecule has 0 saturated heterocycles. The first-order valence-electron chi connectivity index (χ1n) is 4.88. The van der Waals surface area contributed by atoms with Gasteiger partial charge in [-0.05, 0) is 12.1 Å². The number of pyridine rings is 1. The SMILES string of the molecule is O=C1N=NC=C1F.c1ccc2ncccc2c1. The second kappa shape index (κ2) is 5.07. The van der Waals surface area contributed by atoms with E-state index in [1.165, 1.54) is 5.39 Å². The summed E-state index contributed by atoms with van der Waals surface area (Å²) in [5.41, 5.74) is 1.06. The molecule has 17 heavy (non-hydrogen) atoms. The Morgan fingerprint density at radius 2 is 1.82 bits per heavy atom. The highest BCUT2D eigenvalue weighted by Gasteiger charge is 2.10. The molecular formula is C12H8FN3O. The van der Waals surface area contributed by atoms with Crippen molar-refractivity contribution in [3.63, 3.8) is 0 Å². The van der Waals surface area contributed by atoms with Crippen molar-refractivity contribution in [2.45, 2.75) is 0 Å². The van der Waals surface area contributed by atoms with E-state index in [2.05, 4.69) is 27.3 Å². The summed E-state index contributed by atoms with van der Waals surface area (Å²) in [6.07, 6.45) is 2.59. The van der Waals surface area contributed by atoms with Crippen LogP contribution in [0.2, 0.25) is 0 Å². The van der Waals surface area contributed by atoms with E-state index >= 15 is 0 Å². The summed E-state index contributed by atoms with van der Waals surface area (Å²) in [4.78, 5) is 14.1. The molecule has 0 bridgehead atoms. The largest absolute Gasteiger partial charge is 0.325 e. The van der Waals surface area contributed by atoms with Crippen LogP contribution in [0.25, 0.3) is 10.9 Å². The lowest BCUT2D eigenvalue weighted by molar-refractivity contribution is -0.115. The summed E-state index contributed by atoms with van der Waals surface area (Å²) in [6.45, 7) is 0. The molecule has 0 radical (unpaired) electrons. The maximum Gasteiger partial charge on any atom is 0.325 e. The topological polar surface area (TPSA) is 54.7 Å². The molecule has 1 amide bonds. The Balaban J connectivity index is 0.000000136. The molecule has 2 heterocycles. The third-order valence-corrected chi connectivity index (χ3v) is 2.04. The number of carbonyl (C=O) groups is 1. The number of carbonyl (C=O) groups excluding carboxylic acids is 1. The number of aromatic nitrogens is 1. The third-order valence-electron chi connectivity index (χ3n) is 2.04. The zero-order valence-electron chi connectivity index (χ0n) is 8.75. The van der Waals surface area contributed by atoms with Crippen molar-refractivity contribution in [3.8, 4) is 0 Å². The van der Waals surface area contributed by atoms with Gasteiger partial charge in [-0.1, -0.05) is 24.3 Å².